The number of rotatable bonds is 2. The lowest BCUT2D eigenvalue weighted by atomic mass is 9.85. The van der Waals surface area contributed by atoms with Gasteiger partial charge in [0.15, 0.2) is 0 Å². The lowest BCUT2D eigenvalue weighted by molar-refractivity contribution is 0.0220. The van der Waals surface area contributed by atoms with E-state index in [0.29, 0.717) is 23.9 Å². The summed E-state index contributed by atoms with van der Waals surface area (Å²) in [5, 5.41) is 10.0. The van der Waals surface area contributed by atoms with Crippen molar-refractivity contribution in [1.29, 1.82) is 0 Å². The number of imidazole rings is 1. The molecule has 0 aliphatic carbocycles. The lowest BCUT2D eigenvalue weighted by Gasteiger charge is -2.46. The van der Waals surface area contributed by atoms with Gasteiger partial charge in [-0.1, -0.05) is 6.42 Å². The molecule has 1 unspecified atom stereocenters. The molecule has 2 aromatic rings. The molecule has 0 amide bonds. The lowest BCUT2D eigenvalue weighted by Crippen LogP contribution is -2.55. The molecule has 136 valence electrons. The molecule has 2 aliphatic heterocycles. The van der Waals surface area contributed by atoms with Crippen LogP contribution in [0.5, 0.6) is 0 Å². The van der Waals surface area contributed by atoms with Crippen LogP contribution in [0.15, 0.2) is 27.9 Å². The van der Waals surface area contributed by atoms with Gasteiger partial charge in [0, 0.05) is 26.2 Å². The second-order valence-electron chi connectivity index (χ2n) is 7.25. The van der Waals surface area contributed by atoms with Gasteiger partial charge in [-0.2, -0.15) is 4.31 Å². The van der Waals surface area contributed by atoms with Crippen LogP contribution in [0.2, 0.25) is 0 Å². The SMILES string of the molecule is Cn1c(=O)n(C)c2cc(S(=O)(=O)N3[C@@H]4CCC[C@H]3CC(O)C4)ccc21. The number of aliphatic hydroxyl groups excluding tert-OH is 1. The van der Waals surface area contributed by atoms with E-state index < -0.39 is 16.1 Å². The highest BCUT2D eigenvalue weighted by Gasteiger charge is 2.44. The van der Waals surface area contributed by atoms with Gasteiger partial charge in [-0.25, -0.2) is 13.2 Å². The molecular formula is C17H23N3O4S. The van der Waals surface area contributed by atoms with E-state index in [1.165, 1.54) is 9.13 Å². The van der Waals surface area contributed by atoms with Crippen molar-refractivity contribution in [3.63, 3.8) is 0 Å². The zero-order valence-electron chi connectivity index (χ0n) is 14.4. The van der Waals surface area contributed by atoms with E-state index >= 15 is 0 Å². The van der Waals surface area contributed by atoms with Gasteiger partial charge in [0.1, 0.15) is 0 Å². The van der Waals surface area contributed by atoms with Gasteiger partial charge in [0.05, 0.1) is 22.0 Å². The second kappa shape index (κ2) is 5.69. The predicted octanol–water partition coefficient (Wildman–Crippen LogP) is 0.943. The fourth-order valence-electron chi connectivity index (χ4n) is 4.47. The monoisotopic (exact) mass is 365 g/mol. The first-order chi connectivity index (χ1) is 11.8. The largest absolute Gasteiger partial charge is 0.393 e. The van der Waals surface area contributed by atoms with Crippen LogP contribution < -0.4 is 5.69 Å². The first-order valence-corrected chi connectivity index (χ1v) is 10.1. The van der Waals surface area contributed by atoms with Crippen LogP contribution in [-0.2, 0) is 24.1 Å². The Morgan fingerprint density at radius 2 is 1.64 bits per heavy atom. The maximum Gasteiger partial charge on any atom is 0.328 e. The predicted molar refractivity (Wildman–Crippen MR) is 93.9 cm³/mol. The topological polar surface area (TPSA) is 84.5 Å². The van der Waals surface area contributed by atoms with Gasteiger partial charge < -0.3 is 5.11 Å². The van der Waals surface area contributed by atoms with Gasteiger partial charge in [0.25, 0.3) is 0 Å². The Balaban J connectivity index is 1.82. The minimum Gasteiger partial charge on any atom is -0.393 e. The fraction of sp³-hybridized carbons (Fsp3) is 0.588. The van der Waals surface area contributed by atoms with E-state index in [1.54, 1.807) is 36.6 Å². The van der Waals surface area contributed by atoms with E-state index in [0.717, 1.165) is 19.3 Å². The molecule has 8 heteroatoms. The molecule has 2 fully saturated rings. The Hall–Kier alpha value is -1.64. The quantitative estimate of drug-likeness (QED) is 0.859. The van der Waals surface area contributed by atoms with E-state index in [-0.39, 0.29) is 22.7 Å². The van der Waals surface area contributed by atoms with Crippen LogP contribution in [0, 0.1) is 0 Å². The van der Waals surface area contributed by atoms with Crippen molar-refractivity contribution in [2.75, 3.05) is 0 Å². The second-order valence-corrected chi connectivity index (χ2v) is 9.09. The van der Waals surface area contributed by atoms with Crippen LogP contribution in [0.1, 0.15) is 32.1 Å². The Morgan fingerprint density at radius 1 is 1.04 bits per heavy atom. The highest BCUT2D eigenvalue weighted by atomic mass is 32.2. The van der Waals surface area contributed by atoms with Crippen molar-refractivity contribution >= 4 is 21.1 Å². The van der Waals surface area contributed by atoms with Crippen LogP contribution in [0.4, 0.5) is 0 Å². The summed E-state index contributed by atoms with van der Waals surface area (Å²) in [6.45, 7) is 0. The fourth-order valence-corrected chi connectivity index (χ4v) is 6.38. The smallest absolute Gasteiger partial charge is 0.328 e. The molecule has 2 aliphatic rings. The third-order valence-corrected chi connectivity index (χ3v) is 7.70. The molecule has 3 atom stereocenters. The average molecular weight is 365 g/mol. The van der Waals surface area contributed by atoms with E-state index in [2.05, 4.69) is 0 Å². The minimum atomic E-state index is -3.66. The molecule has 0 radical (unpaired) electrons. The maximum absolute atomic E-state index is 13.3. The molecule has 1 aromatic heterocycles. The van der Waals surface area contributed by atoms with Gasteiger partial charge in [0.2, 0.25) is 10.0 Å². The molecule has 3 heterocycles. The average Bonchev–Trinajstić information content (AvgIpc) is 2.78. The van der Waals surface area contributed by atoms with Gasteiger partial charge in [-0.05, 0) is 43.9 Å². The summed E-state index contributed by atoms with van der Waals surface area (Å²) >= 11 is 0. The van der Waals surface area contributed by atoms with Crippen LogP contribution in [0.3, 0.4) is 0 Å². The molecule has 2 saturated heterocycles. The van der Waals surface area contributed by atoms with Crippen molar-refractivity contribution in [3.05, 3.63) is 28.7 Å². The number of aryl methyl sites for hydroxylation is 2. The highest BCUT2D eigenvalue weighted by Crippen LogP contribution is 2.38. The van der Waals surface area contributed by atoms with Gasteiger partial charge in [-0.15, -0.1) is 0 Å². The third kappa shape index (κ3) is 2.46. The molecule has 1 N–H and O–H groups in total. The van der Waals surface area contributed by atoms with Crippen molar-refractivity contribution in [2.24, 2.45) is 14.1 Å². The number of fused-ring (bicyclic) bond motifs is 3. The summed E-state index contributed by atoms with van der Waals surface area (Å²) in [6.07, 6.45) is 3.17. The van der Waals surface area contributed by atoms with Crippen molar-refractivity contribution in [2.45, 2.75) is 55.2 Å². The summed E-state index contributed by atoms with van der Waals surface area (Å²) < 4.78 is 31.2. The zero-order valence-corrected chi connectivity index (χ0v) is 15.2. The van der Waals surface area contributed by atoms with Crippen LogP contribution in [0.25, 0.3) is 11.0 Å². The molecule has 0 spiro atoms. The molecule has 1 aromatic carbocycles. The zero-order chi connectivity index (χ0) is 17.9. The number of hydrogen-bond donors (Lipinski definition) is 1. The first-order valence-electron chi connectivity index (χ1n) is 8.68. The summed E-state index contributed by atoms with van der Waals surface area (Å²) in [7, 11) is -0.337. The molecule has 0 saturated carbocycles. The number of benzene rings is 1. The van der Waals surface area contributed by atoms with Crippen molar-refractivity contribution < 1.29 is 13.5 Å². The van der Waals surface area contributed by atoms with Gasteiger partial charge >= 0.3 is 5.69 Å². The maximum atomic E-state index is 13.3. The molecule has 7 nitrogen and oxygen atoms in total. The summed E-state index contributed by atoms with van der Waals surface area (Å²) in [5.41, 5.74) is 1.14. The van der Waals surface area contributed by atoms with E-state index in [4.69, 9.17) is 0 Å². The van der Waals surface area contributed by atoms with Crippen molar-refractivity contribution in [1.82, 2.24) is 13.4 Å². The molecule has 4 rings (SSSR count). The van der Waals surface area contributed by atoms with Crippen LogP contribution >= 0.6 is 0 Å². The highest BCUT2D eigenvalue weighted by molar-refractivity contribution is 7.89. The molecular weight excluding hydrogens is 342 g/mol. The summed E-state index contributed by atoms with van der Waals surface area (Å²) in [6, 6.07) is 4.59. The third-order valence-electron chi connectivity index (χ3n) is 5.70. The Morgan fingerprint density at radius 3 is 2.28 bits per heavy atom. The number of aromatic nitrogens is 2. The Labute approximate surface area is 146 Å². The van der Waals surface area contributed by atoms with E-state index in [1.807, 2.05) is 0 Å². The normalized spacial score (nSPS) is 27.7. The number of aliphatic hydroxyl groups is 1. The van der Waals surface area contributed by atoms with Gasteiger partial charge in [-0.3, -0.25) is 9.13 Å². The summed E-state index contributed by atoms with van der Waals surface area (Å²) in [5.74, 6) is 0. The number of piperidine rings is 2. The first kappa shape index (κ1) is 16.8. The Kier molecular flexibility index (Phi) is 3.82. The minimum absolute atomic E-state index is 0.136. The number of sulfonamides is 1. The summed E-state index contributed by atoms with van der Waals surface area (Å²) in [4.78, 5) is 12.3. The molecule has 2 bridgehead atoms. The Bertz CT molecular complexity index is 977. The molecule has 25 heavy (non-hydrogen) atoms. The van der Waals surface area contributed by atoms with Crippen molar-refractivity contribution in [3.8, 4) is 0 Å². The standard InChI is InChI=1S/C17H23N3O4S/c1-18-15-7-6-14(10-16(15)19(2)17(18)22)25(23,24)20-11-4-3-5-12(20)9-13(21)8-11/h6-7,10-13,21H,3-5,8-9H2,1-2H3/t11-,12+,13?. The number of nitrogens with zero attached hydrogens (tertiary/aromatic N) is 3. The van der Waals surface area contributed by atoms with Crippen LogP contribution in [-0.4, -0.2) is 45.2 Å². The number of hydrogen-bond acceptors (Lipinski definition) is 4. The van der Waals surface area contributed by atoms with E-state index in [9.17, 15) is 18.3 Å².